The molecule has 0 fully saturated rings. The SMILES string of the molecule is C1=CS[C@@H]([C@H]2SC=CSS2)SS1. The van der Waals surface area contributed by atoms with Gasteiger partial charge >= 0.3 is 0 Å². The summed E-state index contributed by atoms with van der Waals surface area (Å²) in [7, 11) is 7.65. The molecule has 0 aromatic rings. The van der Waals surface area contributed by atoms with Crippen LogP contribution in [0.5, 0.6) is 0 Å². The van der Waals surface area contributed by atoms with Crippen LogP contribution in [0.25, 0.3) is 0 Å². The highest BCUT2D eigenvalue weighted by atomic mass is 33.1. The van der Waals surface area contributed by atoms with Crippen molar-refractivity contribution in [1.29, 1.82) is 0 Å². The quantitative estimate of drug-likeness (QED) is 0.621. The van der Waals surface area contributed by atoms with Crippen molar-refractivity contribution in [2.24, 2.45) is 0 Å². The molecule has 2 heterocycles. The van der Waals surface area contributed by atoms with E-state index in [1.54, 1.807) is 0 Å². The van der Waals surface area contributed by atoms with Gasteiger partial charge < -0.3 is 0 Å². The third-order valence-corrected chi connectivity index (χ3v) is 10.1. The first-order chi connectivity index (χ1) is 5.97. The van der Waals surface area contributed by atoms with E-state index in [2.05, 4.69) is 21.6 Å². The maximum atomic E-state index is 2.20. The summed E-state index contributed by atoms with van der Waals surface area (Å²) in [5.74, 6) is 0. The maximum absolute atomic E-state index is 2.20. The molecule has 0 N–H and O–H groups in total. The van der Waals surface area contributed by atoms with Gasteiger partial charge in [-0.05, 0) is 21.6 Å². The van der Waals surface area contributed by atoms with Gasteiger partial charge in [-0.1, -0.05) is 43.2 Å². The summed E-state index contributed by atoms with van der Waals surface area (Å²) in [5, 5.41) is 8.73. The first-order valence-corrected chi connectivity index (χ1v) is 9.66. The van der Waals surface area contributed by atoms with E-state index >= 15 is 0 Å². The van der Waals surface area contributed by atoms with Gasteiger partial charge in [-0.25, -0.2) is 0 Å². The van der Waals surface area contributed by atoms with Crippen molar-refractivity contribution in [2.45, 2.75) is 9.16 Å². The Hall–Kier alpha value is 1.58. The first-order valence-electron chi connectivity index (χ1n) is 3.22. The van der Waals surface area contributed by atoms with Crippen molar-refractivity contribution < 1.29 is 0 Å². The molecule has 2 rings (SSSR count). The summed E-state index contributed by atoms with van der Waals surface area (Å²) in [6, 6.07) is 0. The van der Waals surface area contributed by atoms with Crippen LogP contribution in [0.2, 0.25) is 0 Å². The lowest BCUT2D eigenvalue weighted by Gasteiger charge is -2.24. The lowest BCUT2D eigenvalue weighted by molar-refractivity contribution is 1.39. The van der Waals surface area contributed by atoms with Crippen LogP contribution in [0.15, 0.2) is 21.6 Å². The van der Waals surface area contributed by atoms with Crippen molar-refractivity contribution in [3.63, 3.8) is 0 Å². The molecule has 2 aliphatic rings. The molecule has 2 atom stereocenters. The molecule has 0 unspecified atom stereocenters. The van der Waals surface area contributed by atoms with Crippen LogP contribution in [0.4, 0.5) is 0 Å². The predicted octanol–water partition coefficient (Wildman–Crippen LogP) is 4.84. The van der Waals surface area contributed by atoms with E-state index in [4.69, 9.17) is 0 Å². The normalized spacial score (nSPS) is 35.3. The molecule has 0 saturated heterocycles. The predicted molar refractivity (Wildman–Crippen MR) is 71.4 cm³/mol. The standard InChI is InChI=1S/C6H6S6/c1-3-9-11-5(7-1)6-8-2-4-10-12-6/h1-6H/t5-,6+. The molecule has 0 aromatic carbocycles. The Morgan fingerprint density at radius 1 is 0.667 bits per heavy atom. The zero-order valence-corrected chi connectivity index (χ0v) is 10.8. The fraction of sp³-hybridized carbons (Fsp3) is 0.333. The van der Waals surface area contributed by atoms with Gasteiger partial charge in [0.05, 0.1) is 9.16 Å². The van der Waals surface area contributed by atoms with Gasteiger partial charge in [0.1, 0.15) is 0 Å². The second-order valence-corrected chi connectivity index (χ2v) is 9.28. The molecule has 0 aliphatic carbocycles. The van der Waals surface area contributed by atoms with Gasteiger partial charge in [0.25, 0.3) is 0 Å². The van der Waals surface area contributed by atoms with Crippen molar-refractivity contribution >= 4 is 66.7 Å². The molecular formula is C6H6S6. The Morgan fingerprint density at radius 3 is 1.50 bits per heavy atom. The van der Waals surface area contributed by atoms with E-state index in [9.17, 15) is 0 Å². The van der Waals surface area contributed by atoms with E-state index < -0.39 is 0 Å². The Kier molecular flexibility index (Phi) is 4.60. The van der Waals surface area contributed by atoms with Crippen LogP contribution in [0.1, 0.15) is 0 Å². The van der Waals surface area contributed by atoms with Gasteiger partial charge in [0, 0.05) is 0 Å². The molecule has 0 aromatic heterocycles. The van der Waals surface area contributed by atoms with Crippen LogP contribution in [0.3, 0.4) is 0 Å². The van der Waals surface area contributed by atoms with Gasteiger partial charge in [0.15, 0.2) is 0 Å². The molecule has 0 radical (unpaired) electrons. The minimum atomic E-state index is 0.701. The highest BCUT2D eigenvalue weighted by molar-refractivity contribution is 8.82. The van der Waals surface area contributed by atoms with Crippen LogP contribution in [0, 0.1) is 0 Å². The van der Waals surface area contributed by atoms with Gasteiger partial charge in [-0.2, -0.15) is 0 Å². The van der Waals surface area contributed by atoms with Crippen molar-refractivity contribution in [1.82, 2.24) is 0 Å². The highest BCUT2D eigenvalue weighted by Gasteiger charge is 2.25. The summed E-state index contributed by atoms with van der Waals surface area (Å²) in [5.41, 5.74) is 0. The molecule has 0 nitrogen and oxygen atoms in total. The fourth-order valence-electron chi connectivity index (χ4n) is 0.702. The summed E-state index contributed by atoms with van der Waals surface area (Å²) < 4.78 is 1.40. The number of thioether (sulfide) groups is 2. The number of hydrogen-bond acceptors (Lipinski definition) is 6. The molecule has 6 heteroatoms. The minimum absolute atomic E-state index is 0.701. The summed E-state index contributed by atoms with van der Waals surface area (Å²) in [4.78, 5) is 0. The minimum Gasteiger partial charge on any atom is -0.116 e. The van der Waals surface area contributed by atoms with E-state index in [-0.39, 0.29) is 0 Å². The smallest absolute Gasteiger partial charge is 0.0872 e. The van der Waals surface area contributed by atoms with Crippen molar-refractivity contribution in [2.75, 3.05) is 0 Å². The molecule has 0 spiro atoms. The summed E-state index contributed by atoms with van der Waals surface area (Å²) in [6.07, 6.45) is 0. The van der Waals surface area contributed by atoms with E-state index in [1.807, 2.05) is 66.7 Å². The van der Waals surface area contributed by atoms with Crippen molar-refractivity contribution in [3.8, 4) is 0 Å². The van der Waals surface area contributed by atoms with Crippen LogP contribution in [-0.2, 0) is 0 Å². The second-order valence-electron chi connectivity index (χ2n) is 1.94. The van der Waals surface area contributed by atoms with Crippen molar-refractivity contribution in [3.05, 3.63) is 21.6 Å². The van der Waals surface area contributed by atoms with Crippen LogP contribution in [-0.4, -0.2) is 9.16 Å². The van der Waals surface area contributed by atoms with Gasteiger partial charge in [-0.3, -0.25) is 0 Å². The topological polar surface area (TPSA) is 0 Å². The van der Waals surface area contributed by atoms with E-state index in [0.717, 1.165) is 0 Å². The largest absolute Gasteiger partial charge is 0.116 e. The lowest BCUT2D eigenvalue weighted by Crippen LogP contribution is -2.11. The lowest BCUT2D eigenvalue weighted by atomic mass is 10.9. The Bertz CT molecular complexity index is 178. The number of rotatable bonds is 1. The van der Waals surface area contributed by atoms with E-state index in [1.165, 1.54) is 0 Å². The molecular weight excluding hydrogens is 264 g/mol. The zero-order chi connectivity index (χ0) is 8.23. The van der Waals surface area contributed by atoms with Crippen LogP contribution < -0.4 is 0 Å². The Labute approximate surface area is 96.7 Å². The van der Waals surface area contributed by atoms with E-state index in [0.29, 0.717) is 9.16 Å². The monoisotopic (exact) mass is 270 g/mol. The summed E-state index contributed by atoms with van der Waals surface area (Å²) in [6.45, 7) is 0. The zero-order valence-electron chi connectivity index (χ0n) is 5.91. The fourth-order valence-corrected chi connectivity index (χ4v) is 9.86. The molecule has 0 saturated carbocycles. The summed E-state index contributed by atoms with van der Waals surface area (Å²) >= 11 is 3.88. The number of hydrogen-bond donors (Lipinski definition) is 0. The maximum Gasteiger partial charge on any atom is 0.0872 e. The second kappa shape index (κ2) is 5.46. The average molecular weight is 271 g/mol. The Balaban J connectivity index is 1.90. The molecule has 12 heavy (non-hydrogen) atoms. The molecule has 0 amide bonds. The highest BCUT2D eigenvalue weighted by Crippen LogP contribution is 2.52. The average Bonchev–Trinajstić information content (AvgIpc) is 2.21. The molecule has 66 valence electrons. The first kappa shape index (κ1) is 10.1. The molecule has 2 aliphatic heterocycles. The molecule has 0 bridgehead atoms. The third kappa shape index (κ3) is 2.78. The Morgan fingerprint density at radius 2 is 1.17 bits per heavy atom. The van der Waals surface area contributed by atoms with Gasteiger partial charge in [-0.15, -0.1) is 23.5 Å². The van der Waals surface area contributed by atoms with Crippen LogP contribution >= 0.6 is 66.7 Å². The third-order valence-electron chi connectivity index (χ3n) is 1.17. The van der Waals surface area contributed by atoms with Gasteiger partial charge in [0.2, 0.25) is 0 Å².